The van der Waals surface area contributed by atoms with Gasteiger partial charge < -0.3 is 0 Å². The number of fused-ring (bicyclic) bond motifs is 1. The molecule has 0 bridgehead atoms. The van der Waals surface area contributed by atoms with Crippen LogP contribution in [0, 0.1) is 0 Å². The van der Waals surface area contributed by atoms with E-state index in [0.717, 1.165) is 21.3 Å². The van der Waals surface area contributed by atoms with Crippen LogP contribution in [-0.2, 0) is 0 Å². The Morgan fingerprint density at radius 3 is 2.79 bits per heavy atom. The maximum absolute atomic E-state index is 11.4. The molecule has 0 aliphatic carbocycles. The molecule has 0 radical (unpaired) electrons. The van der Waals surface area contributed by atoms with Gasteiger partial charge in [0.2, 0.25) is 0 Å². The molecule has 0 spiro atoms. The lowest BCUT2D eigenvalue weighted by atomic mass is 10.1. The normalized spacial score (nSPS) is 10.6. The SMILES string of the molecule is NNC(=O)c1csc(-c2cccc3ccccc23)n1. The van der Waals surface area contributed by atoms with Crippen molar-refractivity contribution in [2.24, 2.45) is 5.84 Å². The van der Waals surface area contributed by atoms with Crippen molar-refractivity contribution < 1.29 is 4.79 Å². The average molecular weight is 269 g/mol. The number of amides is 1. The average Bonchev–Trinajstić information content (AvgIpc) is 2.95. The summed E-state index contributed by atoms with van der Waals surface area (Å²) in [6.07, 6.45) is 0. The maximum Gasteiger partial charge on any atom is 0.284 e. The Labute approximate surface area is 113 Å². The van der Waals surface area contributed by atoms with E-state index in [1.165, 1.54) is 11.3 Å². The fraction of sp³-hybridized carbons (Fsp3) is 0. The molecule has 1 aromatic heterocycles. The van der Waals surface area contributed by atoms with Gasteiger partial charge in [-0.25, -0.2) is 10.8 Å². The minimum atomic E-state index is -0.372. The van der Waals surface area contributed by atoms with E-state index < -0.39 is 0 Å². The number of hydrogen-bond acceptors (Lipinski definition) is 4. The highest BCUT2D eigenvalue weighted by molar-refractivity contribution is 7.13. The van der Waals surface area contributed by atoms with Crippen LogP contribution in [0.1, 0.15) is 10.5 Å². The van der Waals surface area contributed by atoms with Gasteiger partial charge in [-0.05, 0) is 10.8 Å². The van der Waals surface area contributed by atoms with Gasteiger partial charge in [0.25, 0.3) is 5.91 Å². The smallest absolute Gasteiger partial charge is 0.284 e. The molecule has 2 aromatic carbocycles. The van der Waals surface area contributed by atoms with Crippen LogP contribution in [0.5, 0.6) is 0 Å². The van der Waals surface area contributed by atoms with Crippen LogP contribution in [0.3, 0.4) is 0 Å². The number of aromatic nitrogens is 1. The summed E-state index contributed by atoms with van der Waals surface area (Å²) in [6, 6.07) is 14.1. The van der Waals surface area contributed by atoms with Crippen molar-refractivity contribution in [3.63, 3.8) is 0 Å². The summed E-state index contributed by atoms with van der Waals surface area (Å²) in [5.41, 5.74) is 3.46. The molecule has 0 aliphatic heterocycles. The molecule has 1 heterocycles. The summed E-state index contributed by atoms with van der Waals surface area (Å²) in [5, 5.41) is 4.80. The molecule has 0 saturated heterocycles. The van der Waals surface area contributed by atoms with Crippen LogP contribution in [0.2, 0.25) is 0 Å². The third-order valence-corrected chi connectivity index (χ3v) is 3.76. The van der Waals surface area contributed by atoms with E-state index in [1.54, 1.807) is 5.38 Å². The molecular formula is C14H11N3OS. The summed E-state index contributed by atoms with van der Waals surface area (Å²) in [7, 11) is 0. The highest BCUT2D eigenvalue weighted by Gasteiger charge is 2.12. The van der Waals surface area contributed by atoms with Gasteiger partial charge >= 0.3 is 0 Å². The molecule has 5 heteroatoms. The number of nitrogens with two attached hydrogens (primary N) is 1. The first-order valence-electron chi connectivity index (χ1n) is 5.74. The summed E-state index contributed by atoms with van der Waals surface area (Å²) >= 11 is 1.43. The molecule has 0 unspecified atom stereocenters. The minimum Gasteiger partial charge on any atom is -0.289 e. The van der Waals surface area contributed by atoms with Crippen molar-refractivity contribution in [2.75, 3.05) is 0 Å². The zero-order valence-electron chi connectivity index (χ0n) is 9.96. The van der Waals surface area contributed by atoms with Crippen LogP contribution in [0.25, 0.3) is 21.3 Å². The van der Waals surface area contributed by atoms with Crippen LogP contribution >= 0.6 is 11.3 Å². The molecule has 3 aromatic rings. The number of nitrogens with one attached hydrogen (secondary N) is 1. The van der Waals surface area contributed by atoms with E-state index in [-0.39, 0.29) is 5.91 Å². The second-order valence-electron chi connectivity index (χ2n) is 4.04. The first-order valence-corrected chi connectivity index (χ1v) is 6.62. The molecule has 94 valence electrons. The van der Waals surface area contributed by atoms with Gasteiger partial charge in [0, 0.05) is 10.9 Å². The third-order valence-electron chi connectivity index (χ3n) is 2.89. The van der Waals surface area contributed by atoms with Crippen LogP contribution in [-0.4, -0.2) is 10.9 Å². The Kier molecular flexibility index (Phi) is 2.98. The molecule has 0 saturated carbocycles. The van der Waals surface area contributed by atoms with Crippen LogP contribution in [0.4, 0.5) is 0 Å². The van der Waals surface area contributed by atoms with Crippen molar-refractivity contribution in [3.8, 4) is 10.6 Å². The largest absolute Gasteiger partial charge is 0.289 e. The predicted octanol–water partition coefficient (Wildman–Crippen LogP) is 2.57. The zero-order valence-corrected chi connectivity index (χ0v) is 10.8. The first-order chi connectivity index (χ1) is 9.29. The lowest BCUT2D eigenvalue weighted by molar-refractivity contribution is 0.0949. The molecule has 1 amide bonds. The Hall–Kier alpha value is -2.24. The fourth-order valence-electron chi connectivity index (χ4n) is 1.99. The molecule has 0 aliphatic rings. The van der Waals surface area contributed by atoms with E-state index in [0.29, 0.717) is 5.69 Å². The maximum atomic E-state index is 11.4. The summed E-state index contributed by atoms with van der Waals surface area (Å²) < 4.78 is 0. The Bertz CT molecular complexity index is 746. The van der Waals surface area contributed by atoms with Crippen LogP contribution in [0.15, 0.2) is 47.8 Å². The third kappa shape index (κ3) is 2.09. The van der Waals surface area contributed by atoms with Crippen molar-refractivity contribution >= 4 is 28.0 Å². The first kappa shape index (κ1) is 11.8. The number of nitrogen functional groups attached to an aromatic ring is 1. The van der Waals surface area contributed by atoms with Gasteiger partial charge in [0.05, 0.1) is 0 Å². The summed E-state index contributed by atoms with van der Waals surface area (Å²) in [4.78, 5) is 15.8. The second-order valence-corrected chi connectivity index (χ2v) is 4.90. The van der Waals surface area contributed by atoms with Crippen molar-refractivity contribution in [1.82, 2.24) is 10.4 Å². The molecule has 0 fully saturated rings. The number of hydrogen-bond donors (Lipinski definition) is 2. The van der Waals surface area contributed by atoms with Gasteiger partial charge in [-0.15, -0.1) is 11.3 Å². The molecule has 19 heavy (non-hydrogen) atoms. The van der Waals surface area contributed by atoms with E-state index in [2.05, 4.69) is 28.6 Å². The van der Waals surface area contributed by atoms with Crippen molar-refractivity contribution in [1.29, 1.82) is 0 Å². The summed E-state index contributed by atoms with van der Waals surface area (Å²) in [6.45, 7) is 0. The topological polar surface area (TPSA) is 68.0 Å². The van der Waals surface area contributed by atoms with E-state index in [9.17, 15) is 4.79 Å². The van der Waals surface area contributed by atoms with E-state index >= 15 is 0 Å². The Morgan fingerprint density at radius 1 is 1.16 bits per heavy atom. The quantitative estimate of drug-likeness (QED) is 0.427. The number of rotatable bonds is 2. The summed E-state index contributed by atoms with van der Waals surface area (Å²) in [5.74, 6) is 4.74. The molecule has 3 rings (SSSR count). The minimum absolute atomic E-state index is 0.343. The molecule has 3 N–H and O–H groups in total. The lowest BCUT2D eigenvalue weighted by Crippen LogP contribution is -2.30. The highest BCUT2D eigenvalue weighted by atomic mass is 32.1. The number of thiazole rings is 1. The molecular weight excluding hydrogens is 258 g/mol. The van der Waals surface area contributed by atoms with Crippen LogP contribution < -0.4 is 11.3 Å². The second kappa shape index (κ2) is 4.79. The van der Waals surface area contributed by atoms with Gasteiger partial charge in [-0.2, -0.15) is 0 Å². The van der Waals surface area contributed by atoms with E-state index in [1.807, 2.05) is 24.3 Å². The van der Waals surface area contributed by atoms with E-state index in [4.69, 9.17) is 5.84 Å². The number of carbonyl (C=O) groups excluding carboxylic acids is 1. The number of benzene rings is 2. The lowest BCUT2D eigenvalue weighted by Gasteiger charge is -2.02. The highest BCUT2D eigenvalue weighted by Crippen LogP contribution is 2.30. The Balaban J connectivity index is 2.14. The number of hydrazine groups is 1. The van der Waals surface area contributed by atoms with Crippen molar-refractivity contribution in [3.05, 3.63) is 53.5 Å². The van der Waals surface area contributed by atoms with Gasteiger partial charge in [-0.1, -0.05) is 42.5 Å². The standard InChI is InChI=1S/C14H11N3OS/c15-17-13(18)12-8-19-14(16-12)11-7-3-5-9-4-1-2-6-10(9)11/h1-8H,15H2,(H,17,18). The number of nitrogens with zero attached hydrogens (tertiary/aromatic N) is 1. The Morgan fingerprint density at radius 2 is 1.95 bits per heavy atom. The van der Waals surface area contributed by atoms with Gasteiger partial charge in [0.15, 0.2) is 0 Å². The monoisotopic (exact) mass is 269 g/mol. The van der Waals surface area contributed by atoms with Crippen molar-refractivity contribution in [2.45, 2.75) is 0 Å². The predicted molar refractivity (Wildman–Crippen MR) is 76.7 cm³/mol. The van der Waals surface area contributed by atoms with Gasteiger partial charge in [0.1, 0.15) is 10.7 Å². The van der Waals surface area contributed by atoms with Gasteiger partial charge in [-0.3, -0.25) is 10.2 Å². The zero-order chi connectivity index (χ0) is 13.2. The molecule has 0 atom stereocenters. The molecule has 4 nitrogen and oxygen atoms in total. The number of carbonyl (C=O) groups is 1. The fourth-order valence-corrected chi connectivity index (χ4v) is 2.83.